The molecule has 1 N–H and O–H groups in total. The molecule has 0 unspecified atom stereocenters. The van der Waals surface area contributed by atoms with Crippen LogP contribution in [0, 0.1) is 0 Å². The number of carbonyl (C=O) groups is 1. The summed E-state index contributed by atoms with van der Waals surface area (Å²) in [7, 11) is 0. The van der Waals surface area contributed by atoms with Crippen molar-refractivity contribution in [2.75, 3.05) is 11.1 Å². The van der Waals surface area contributed by atoms with E-state index >= 15 is 0 Å². The van der Waals surface area contributed by atoms with E-state index in [2.05, 4.69) is 20.8 Å². The van der Waals surface area contributed by atoms with Crippen molar-refractivity contribution in [3.05, 3.63) is 56.5 Å². The molecule has 6 nitrogen and oxygen atoms in total. The highest BCUT2D eigenvalue weighted by Crippen LogP contribution is 2.33. The molecule has 1 heterocycles. The molecular formula is C15H9Cl4N5OS. The van der Waals surface area contributed by atoms with E-state index in [1.54, 1.807) is 24.3 Å². The molecule has 0 aliphatic carbocycles. The Morgan fingerprint density at radius 3 is 2.35 bits per heavy atom. The number of rotatable bonds is 5. The van der Waals surface area contributed by atoms with E-state index in [-0.39, 0.29) is 21.7 Å². The number of halogens is 4. The highest BCUT2D eigenvalue weighted by molar-refractivity contribution is 7.99. The molecule has 2 aromatic carbocycles. The second-order valence-electron chi connectivity index (χ2n) is 4.93. The van der Waals surface area contributed by atoms with Gasteiger partial charge in [-0.25, -0.2) is 0 Å². The summed E-state index contributed by atoms with van der Waals surface area (Å²) in [6, 6.07) is 10.00. The molecule has 11 heteroatoms. The number of amides is 1. The zero-order chi connectivity index (χ0) is 18.7. The summed E-state index contributed by atoms with van der Waals surface area (Å²) in [5, 5.41) is 16.1. The highest BCUT2D eigenvalue weighted by atomic mass is 35.5. The zero-order valence-electron chi connectivity index (χ0n) is 12.8. The van der Waals surface area contributed by atoms with E-state index in [0.29, 0.717) is 20.9 Å². The number of aromatic nitrogens is 4. The molecule has 0 bridgehead atoms. The first kappa shape index (κ1) is 19.3. The van der Waals surface area contributed by atoms with Gasteiger partial charge in [0.1, 0.15) is 0 Å². The van der Waals surface area contributed by atoms with Gasteiger partial charge in [-0.3, -0.25) is 4.79 Å². The van der Waals surface area contributed by atoms with Crippen LogP contribution in [0.4, 0.5) is 5.69 Å². The van der Waals surface area contributed by atoms with Crippen molar-refractivity contribution >= 4 is 69.8 Å². The van der Waals surface area contributed by atoms with Gasteiger partial charge in [0, 0.05) is 10.0 Å². The van der Waals surface area contributed by atoms with Crippen LogP contribution in [-0.4, -0.2) is 31.9 Å². The molecule has 0 saturated heterocycles. The topological polar surface area (TPSA) is 72.7 Å². The summed E-state index contributed by atoms with van der Waals surface area (Å²) in [6.45, 7) is 0. The van der Waals surface area contributed by atoms with Crippen LogP contribution in [0.25, 0.3) is 5.69 Å². The SMILES string of the molecule is O=C(CSc1nnnn1-c1ccc(Cl)cc1)Nc1c(Cl)cc(Cl)cc1Cl. The number of nitrogens with zero attached hydrogens (tertiary/aromatic N) is 4. The Balaban J connectivity index is 1.68. The summed E-state index contributed by atoms with van der Waals surface area (Å²) < 4.78 is 1.51. The lowest BCUT2D eigenvalue weighted by Gasteiger charge is -2.09. The maximum Gasteiger partial charge on any atom is 0.234 e. The van der Waals surface area contributed by atoms with E-state index in [4.69, 9.17) is 46.4 Å². The maximum absolute atomic E-state index is 12.2. The second-order valence-corrected chi connectivity index (χ2v) is 7.56. The summed E-state index contributed by atoms with van der Waals surface area (Å²) >= 11 is 25.0. The number of benzene rings is 2. The summed E-state index contributed by atoms with van der Waals surface area (Å²) in [6.07, 6.45) is 0. The Bertz CT molecular complexity index is 924. The van der Waals surface area contributed by atoms with Crippen molar-refractivity contribution in [1.29, 1.82) is 0 Å². The number of hydrogen-bond donors (Lipinski definition) is 1. The fourth-order valence-corrected chi connectivity index (χ4v) is 3.71. The summed E-state index contributed by atoms with van der Waals surface area (Å²) in [4.78, 5) is 12.2. The Hall–Kier alpha value is -1.51. The molecule has 3 aromatic rings. The molecule has 0 fully saturated rings. The first-order valence-corrected chi connectivity index (χ1v) is 9.55. The third kappa shape index (κ3) is 4.61. The minimum Gasteiger partial charge on any atom is -0.323 e. The molecule has 26 heavy (non-hydrogen) atoms. The van der Waals surface area contributed by atoms with E-state index < -0.39 is 0 Å². The smallest absolute Gasteiger partial charge is 0.234 e. The Labute approximate surface area is 172 Å². The standard InChI is InChI=1S/C15H9Cl4N5OS/c16-8-1-3-10(4-2-8)24-15(21-22-23-24)26-7-13(25)20-14-11(18)5-9(17)6-12(14)19/h1-6H,7H2,(H,20,25). The molecule has 1 amide bonds. The number of hydrogen-bond acceptors (Lipinski definition) is 5. The summed E-state index contributed by atoms with van der Waals surface area (Å²) in [5.74, 6) is -0.254. The van der Waals surface area contributed by atoms with Crippen molar-refractivity contribution in [3.8, 4) is 5.69 Å². The van der Waals surface area contributed by atoms with Gasteiger partial charge in [0.2, 0.25) is 11.1 Å². The van der Waals surface area contributed by atoms with Gasteiger partial charge in [-0.1, -0.05) is 58.2 Å². The fraction of sp³-hybridized carbons (Fsp3) is 0.0667. The molecule has 0 saturated carbocycles. The first-order valence-electron chi connectivity index (χ1n) is 7.05. The normalized spacial score (nSPS) is 10.8. The number of carbonyl (C=O) groups excluding carboxylic acids is 1. The van der Waals surface area contributed by atoms with Crippen LogP contribution in [0.3, 0.4) is 0 Å². The van der Waals surface area contributed by atoms with Gasteiger partial charge in [0.25, 0.3) is 0 Å². The largest absolute Gasteiger partial charge is 0.323 e. The molecule has 0 aliphatic heterocycles. The fourth-order valence-electron chi connectivity index (χ4n) is 1.98. The van der Waals surface area contributed by atoms with Crippen molar-refractivity contribution < 1.29 is 4.79 Å². The van der Waals surface area contributed by atoms with Crippen molar-refractivity contribution in [1.82, 2.24) is 20.2 Å². The Morgan fingerprint density at radius 2 is 1.69 bits per heavy atom. The van der Waals surface area contributed by atoms with Gasteiger partial charge in [-0.2, -0.15) is 4.68 Å². The highest BCUT2D eigenvalue weighted by Gasteiger charge is 2.14. The van der Waals surface area contributed by atoms with Crippen molar-refractivity contribution in [2.24, 2.45) is 0 Å². The summed E-state index contributed by atoms with van der Waals surface area (Å²) in [5.41, 5.74) is 1.03. The molecule has 0 atom stereocenters. The van der Waals surface area contributed by atoms with Crippen molar-refractivity contribution in [3.63, 3.8) is 0 Å². The molecule has 1 aromatic heterocycles. The number of tetrazole rings is 1. The van der Waals surface area contributed by atoms with Crippen LogP contribution in [0.15, 0.2) is 41.6 Å². The second kappa shape index (κ2) is 8.45. The van der Waals surface area contributed by atoms with Crippen LogP contribution in [-0.2, 0) is 4.79 Å². The number of thioether (sulfide) groups is 1. The van der Waals surface area contributed by atoms with Gasteiger partial charge < -0.3 is 5.32 Å². The predicted octanol–water partition coefficient (Wildman–Crippen LogP) is 5.01. The molecule has 3 rings (SSSR count). The minimum absolute atomic E-state index is 0.0588. The molecule has 0 aliphatic rings. The van der Waals surface area contributed by atoms with E-state index in [0.717, 1.165) is 17.4 Å². The van der Waals surface area contributed by atoms with Crippen LogP contribution in [0.5, 0.6) is 0 Å². The quantitative estimate of drug-likeness (QED) is 0.555. The van der Waals surface area contributed by atoms with Gasteiger partial charge >= 0.3 is 0 Å². The van der Waals surface area contributed by atoms with Crippen LogP contribution < -0.4 is 5.32 Å². The average molecular weight is 449 g/mol. The third-order valence-corrected chi connectivity index (χ3v) is 5.10. The van der Waals surface area contributed by atoms with Gasteiger partial charge in [-0.15, -0.1) is 5.10 Å². The van der Waals surface area contributed by atoms with Gasteiger partial charge in [0.05, 0.1) is 27.2 Å². The van der Waals surface area contributed by atoms with Crippen molar-refractivity contribution in [2.45, 2.75) is 5.16 Å². The van der Waals surface area contributed by atoms with Crippen LogP contribution >= 0.6 is 58.2 Å². The lowest BCUT2D eigenvalue weighted by atomic mass is 10.3. The zero-order valence-corrected chi connectivity index (χ0v) is 16.6. The molecule has 0 radical (unpaired) electrons. The number of anilines is 1. The van der Waals surface area contributed by atoms with Crippen LogP contribution in [0.2, 0.25) is 20.1 Å². The lowest BCUT2D eigenvalue weighted by molar-refractivity contribution is -0.113. The number of nitrogens with one attached hydrogen (secondary N) is 1. The molecular weight excluding hydrogens is 440 g/mol. The molecule has 0 spiro atoms. The average Bonchev–Trinajstić information content (AvgIpc) is 3.05. The van der Waals surface area contributed by atoms with Gasteiger partial charge in [-0.05, 0) is 46.8 Å². The Kier molecular flexibility index (Phi) is 6.26. The Morgan fingerprint density at radius 1 is 1.04 bits per heavy atom. The predicted molar refractivity (Wildman–Crippen MR) is 105 cm³/mol. The first-order chi connectivity index (χ1) is 12.4. The maximum atomic E-state index is 12.2. The van der Waals surface area contributed by atoms with E-state index in [1.165, 1.54) is 16.8 Å². The minimum atomic E-state index is -0.313. The monoisotopic (exact) mass is 447 g/mol. The van der Waals surface area contributed by atoms with Gasteiger partial charge in [0.15, 0.2) is 0 Å². The molecule has 134 valence electrons. The van der Waals surface area contributed by atoms with E-state index in [9.17, 15) is 4.79 Å². The third-order valence-electron chi connectivity index (χ3n) is 3.12. The van der Waals surface area contributed by atoms with E-state index in [1.807, 2.05) is 0 Å². The van der Waals surface area contributed by atoms with Crippen LogP contribution in [0.1, 0.15) is 0 Å². The lowest BCUT2D eigenvalue weighted by Crippen LogP contribution is -2.15.